The van der Waals surface area contributed by atoms with Crippen LogP contribution in [0.3, 0.4) is 0 Å². The molecule has 59 heavy (non-hydrogen) atoms. The van der Waals surface area contributed by atoms with Gasteiger partial charge in [-0.3, -0.25) is 9.30 Å². The van der Waals surface area contributed by atoms with E-state index in [4.69, 9.17) is 89.4 Å². The molecule has 6 aliphatic rings. The summed E-state index contributed by atoms with van der Waals surface area (Å²) in [4.78, 5) is 4.16. The SMILES string of the molecule is CC1(C)OC2OC3C(OCCOCCN=[N+]=[N-])OC(C)(C)OC3C2O1.CC1(C)OC2OC3C(OCCOCCO)OC(C)(C)OC3C2O1.CS(=O)(=O)Cl.[2H]CF.[N-]=[N+]=[N-].[Na+]. The molecule has 0 aromatic rings. The molecule has 10 atom stereocenters. The molecule has 6 heterocycles. The molecule has 1 N–H and O–H groups in total. The molecule has 6 saturated heterocycles. The zero-order valence-corrected chi connectivity index (χ0v) is 38.5. The summed E-state index contributed by atoms with van der Waals surface area (Å²) in [6, 6.07) is 0. The van der Waals surface area contributed by atoms with Crippen molar-refractivity contribution in [3.8, 4) is 0 Å². The second kappa shape index (κ2) is 25.5. The number of aliphatic hydroxyl groups excluding tert-OH is 1. The van der Waals surface area contributed by atoms with Crippen molar-refractivity contribution in [2.24, 2.45) is 5.11 Å². The molecule has 0 saturated carbocycles. The molecule has 0 amide bonds. The predicted octanol–water partition coefficient (Wildman–Crippen LogP) is 0.690. The van der Waals surface area contributed by atoms with E-state index in [1.165, 1.54) is 4.91 Å². The van der Waals surface area contributed by atoms with E-state index in [0.29, 0.717) is 39.6 Å². The van der Waals surface area contributed by atoms with Gasteiger partial charge in [0.05, 0.1) is 61.0 Å². The van der Waals surface area contributed by atoms with Crippen LogP contribution in [0.5, 0.6) is 0 Å². The maximum Gasteiger partial charge on any atom is 1.00 e. The van der Waals surface area contributed by atoms with Gasteiger partial charge in [0.1, 0.15) is 36.6 Å². The summed E-state index contributed by atoms with van der Waals surface area (Å²) in [7, 11) is 0.308. The second-order valence-electron chi connectivity index (χ2n) is 14.5. The summed E-state index contributed by atoms with van der Waals surface area (Å²) in [5.74, 6) is -3.04. The molecular formula is C32H57ClFN6NaO17S. The van der Waals surface area contributed by atoms with E-state index in [9.17, 15) is 12.8 Å². The van der Waals surface area contributed by atoms with Crippen LogP contribution in [0, 0.1) is 0 Å². The molecule has 0 aromatic carbocycles. The summed E-state index contributed by atoms with van der Waals surface area (Å²) in [5.41, 5.74) is 21.7. The molecule has 6 aliphatic heterocycles. The van der Waals surface area contributed by atoms with Crippen molar-refractivity contribution in [1.29, 1.82) is 0 Å². The summed E-state index contributed by atoms with van der Waals surface area (Å²) < 4.78 is 115. The molecule has 0 radical (unpaired) electrons. The van der Waals surface area contributed by atoms with Gasteiger partial charge in [-0.25, -0.2) is 8.42 Å². The van der Waals surface area contributed by atoms with Crippen LogP contribution in [0.2, 0.25) is 0 Å². The van der Waals surface area contributed by atoms with Crippen LogP contribution in [-0.2, 0) is 75.4 Å². The number of aliphatic hydroxyl groups is 1. The largest absolute Gasteiger partial charge is 1.00 e. The first-order chi connectivity index (χ1) is 27.5. The summed E-state index contributed by atoms with van der Waals surface area (Å²) in [5, 5.41) is 12.1. The third-order valence-electron chi connectivity index (χ3n) is 7.88. The number of nitrogens with zero attached hydrogens (tertiary/aromatic N) is 6. The first-order valence-corrected chi connectivity index (χ1v) is 20.6. The number of ether oxygens (including phenoxy) is 14. The number of halogens is 2. The molecule has 0 spiro atoms. The Bertz CT molecular complexity index is 1470. The maximum atomic E-state index is 9.96. The number of hydrogen-bond donors (Lipinski definition) is 1. The summed E-state index contributed by atoms with van der Waals surface area (Å²) >= 11 is 0. The average Bonchev–Trinajstić information content (AvgIpc) is 3.78. The van der Waals surface area contributed by atoms with Crippen LogP contribution in [0.4, 0.5) is 4.39 Å². The Balaban J connectivity index is 0.000000477. The molecular weight excluding hydrogens is 850 g/mol. The summed E-state index contributed by atoms with van der Waals surface area (Å²) in [6.45, 7) is 17.0. The second-order valence-corrected chi connectivity index (χ2v) is 17.5. The fraction of sp³-hybridized carbons (Fsp3) is 1.00. The fourth-order valence-corrected chi connectivity index (χ4v) is 6.24. The van der Waals surface area contributed by atoms with Gasteiger partial charge >= 0.3 is 29.6 Å². The van der Waals surface area contributed by atoms with Crippen molar-refractivity contribution in [2.45, 2.75) is 140 Å². The Morgan fingerprint density at radius 1 is 0.678 bits per heavy atom. The number of rotatable bonds is 13. The Morgan fingerprint density at radius 2 is 1.02 bits per heavy atom. The number of fused-ring (bicyclic) bond motifs is 6. The minimum atomic E-state index is -3.19. The van der Waals surface area contributed by atoms with Crippen molar-refractivity contribution in [3.05, 3.63) is 26.4 Å². The molecule has 0 aromatic heterocycles. The van der Waals surface area contributed by atoms with Crippen LogP contribution >= 0.6 is 10.7 Å². The molecule has 6 fully saturated rings. The molecule has 27 heteroatoms. The Kier molecular flexibility index (Phi) is 23.5. The van der Waals surface area contributed by atoms with Gasteiger partial charge in [0.15, 0.2) is 48.3 Å². The quantitative estimate of drug-likeness (QED) is 0.0664. The van der Waals surface area contributed by atoms with Crippen molar-refractivity contribution < 1.29 is 115 Å². The molecule has 338 valence electrons. The van der Waals surface area contributed by atoms with Gasteiger partial charge < -0.3 is 82.5 Å². The molecule has 0 aliphatic carbocycles. The van der Waals surface area contributed by atoms with Crippen LogP contribution < -0.4 is 29.6 Å². The summed E-state index contributed by atoms with van der Waals surface area (Å²) in [6.07, 6.45) is -3.45. The standard InChI is InChI=1S/C15H25N3O7.C15H26O8.CH3ClO2S.CH3F.N3.Na/c1-14(2)22-9-10(21-13-11(9)23-15(3,4)25-13)12(24-14)20-8-7-19-6-5-17-18-16;1-14(2)20-9-10(12(22-14)18-8-7-17-6-5-16)19-13-11(9)21-15(3,4)23-13;1-5(2,3)4;1-2;1-3-2;/h9-13H,5-8H2,1-4H3;9-13,16H,5-8H2,1-4H3;1H3;1H3;;/q;;;;-1;+1/i;;;1D;;. The zero-order valence-electron chi connectivity index (χ0n) is 36.0. The van der Waals surface area contributed by atoms with Gasteiger partial charge in [-0.1, -0.05) is 5.11 Å². The number of azide groups is 1. The van der Waals surface area contributed by atoms with E-state index in [-0.39, 0.29) is 67.2 Å². The smallest absolute Gasteiger partial charge is 0.394 e. The predicted molar refractivity (Wildman–Crippen MR) is 197 cm³/mol. The van der Waals surface area contributed by atoms with Crippen LogP contribution in [-0.4, -0.2) is 165 Å². The van der Waals surface area contributed by atoms with Gasteiger partial charge in [-0.2, -0.15) is 0 Å². The molecule has 23 nitrogen and oxygen atoms in total. The third-order valence-corrected chi connectivity index (χ3v) is 7.88. The van der Waals surface area contributed by atoms with Crippen molar-refractivity contribution >= 4 is 19.7 Å². The molecule has 10 unspecified atom stereocenters. The number of hydrogen-bond acceptors (Lipinski definition) is 18. The minimum Gasteiger partial charge on any atom is -0.394 e. The van der Waals surface area contributed by atoms with Gasteiger partial charge in [0, 0.05) is 22.1 Å². The topological polar surface area (TPSA) is 291 Å². The Hall–Kier alpha value is -0.810. The Labute approximate surface area is 371 Å². The van der Waals surface area contributed by atoms with Gasteiger partial charge in [0.25, 0.3) is 0 Å². The van der Waals surface area contributed by atoms with E-state index < -0.39 is 76.7 Å². The zero-order chi connectivity index (χ0) is 44.7. The van der Waals surface area contributed by atoms with Crippen molar-refractivity contribution in [1.82, 2.24) is 0 Å². The number of alkyl halides is 1. The van der Waals surface area contributed by atoms with Crippen LogP contribution in [0.25, 0.3) is 26.4 Å². The van der Waals surface area contributed by atoms with Gasteiger partial charge in [0.2, 0.25) is 9.05 Å². The monoisotopic (exact) mass is 907 g/mol. The first kappa shape index (κ1) is 54.3. The van der Waals surface area contributed by atoms with Gasteiger partial charge in [-0.15, -0.1) is 0 Å². The van der Waals surface area contributed by atoms with E-state index in [0.717, 1.165) is 6.26 Å². The van der Waals surface area contributed by atoms with Crippen LogP contribution in [0.15, 0.2) is 5.11 Å². The maximum absolute atomic E-state index is 9.96. The van der Waals surface area contributed by atoms with Crippen molar-refractivity contribution in [2.75, 3.05) is 66.2 Å². The van der Waals surface area contributed by atoms with Crippen LogP contribution in [0.1, 0.15) is 56.8 Å². The Morgan fingerprint density at radius 3 is 1.37 bits per heavy atom. The van der Waals surface area contributed by atoms with Gasteiger partial charge in [-0.05, 0) is 60.9 Å². The molecule has 6 rings (SSSR count). The van der Waals surface area contributed by atoms with E-state index in [1.807, 2.05) is 55.4 Å². The first-order valence-electron chi connectivity index (χ1n) is 18.6. The van der Waals surface area contributed by atoms with E-state index >= 15 is 0 Å². The average molecular weight is 908 g/mol. The third kappa shape index (κ3) is 19.2. The van der Waals surface area contributed by atoms with Crippen molar-refractivity contribution in [3.63, 3.8) is 0 Å². The fourth-order valence-electron chi connectivity index (χ4n) is 6.24. The van der Waals surface area contributed by atoms with E-state index in [1.54, 1.807) is 0 Å². The minimum absolute atomic E-state index is 0. The normalized spacial score (nSPS) is 33.5. The van der Waals surface area contributed by atoms with E-state index in [2.05, 4.69) is 20.7 Å². The molecule has 0 bridgehead atoms.